The van der Waals surface area contributed by atoms with Crippen molar-refractivity contribution in [1.29, 1.82) is 0 Å². The number of fused-ring (bicyclic) bond motifs is 1. The molecule has 0 radical (unpaired) electrons. The maximum atomic E-state index is 13.9. The summed E-state index contributed by atoms with van der Waals surface area (Å²) in [7, 11) is 0. The van der Waals surface area contributed by atoms with Gasteiger partial charge >= 0.3 is 0 Å². The van der Waals surface area contributed by atoms with Gasteiger partial charge in [-0.25, -0.2) is 0 Å². The number of hydrogen-bond acceptors (Lipinski definition) is 5. The number of ether oxygens (including phenoxy) is 1. The van der Waals surface area contributed by atoms with Crippen LogP contribution in [-0.4, -0.2) is 63.5 Å². The van der Waals surface area contributed by atoms with E-state index in [-0.39, 0.29) is 29.8 Å². The standard InChI is InChI=1S/C26H27BrClN3O5/c27-16-14-26-20(19(21(16)36-26)23(33)29-15-8-2-1-3-9-15)25(35)31(12-6-7-13-32)22(26)24(34)30-18-11-5-4-10-17(18)28/h1-5,8-11,16,19-22,32H,6-7,12-14H2,(H,29,33)(H,30,34)/t16?,19-,20+,21-,22?,26?/m1/s1. The molecule has 0 saturated carbocycles. The van der Waals surface area contributed by atoms with E-state index in [1.54, 1.807) is 36.4 Å². The molecule has 3 saturated heterocycles. The Balaban J connectivity index is 1.49. The number of rotatable bonds is 8. The van der Waals surface area contributed by atoms with E-state index in [2.05, 4.69) is 26.6 Å². The summed E-state index contributed by atoms with van der Waals surface area (Å²) in [6, 6.07) is 15.0. The van der Waals surface area contributed by atoms with E-state index in [1.165, 1.54) is 4.90 Å². The Morgan fingerprint density at radius 3 is 2.53 bits per heavy atom. The fourth-order valence-electron chi connectivity index (χ4n) is 5.87. The molecule has 3 unspecified atom stereocenters. The second-order valence-corrected chi connectivity index (χ2v) is 11.0. The average Bonchev–Trinajstić information content (AvgIpc) is 3.45. The van der Waals surface area contributed by atoms with Crippen LogP contribution in [0, 0.1) is 11.8 Å². The van der Waals surface area contributed by atoms with Gasteiger partial charge in [0, 0.05) is 23.7 Å². The second kappa shape index (κ2) is 10.1. The number of halogens is 2. The topological polar surface area (TPSA) is 108 Å². The molecule has 8 nitrogen and oxygen atoms in total. The Bertz CT molecular complexity index is 1170. The fraction of sp³-hybridized carbons (Fsp3) is 0.423. The lowest BCUT2D eigenvalue weighted by molar-refractivity contribution is -0.139. The molecule has 190 valence electrons. The highest BCUT2D eigenvalue weighted by molar-refractivity contribution is 9.09. The number of likely N-dealkylation sites (tertiary alicyclic amines) is 1. The van der Waals surface area contributed by atoms with Gasteiger partial charge in [0.25, 0.3) is 0 Å². The number of aliphatic hydroxyl groups is 1. The summed E-state index contributed by atoms with van der Waals surface area (Å²) in [5, 5.41) is 15.4. The molecule has 3 amide bonds. The lowest BCUT2D eigenvalue weighted by atomic mass is 9.70. The van der Waals surface area contributed by atoms with Crippen molar-refractivity contribution in [2.75, 3.05) is 23.8 Å². The van der Waals surface area contributed by atoms with Gasteiger partial charge in [0.05, 0.1) is 28.6 Å². The molecule has 3 aliphatic rings. The molecule has 6 atom stereocenters. The van der Waals surface area contributed by atoms with Crippen LogP contribution >= 0.6 is 27.5 Å². The molecule has 2 aromatic carbocycles. The van der Waals surface area contributed by atoms with Crippen LogP contribution in [0.25, 0.3) is 0 Å². The van der Waals surface area contributed by atoms with Crippen molar-refractivity contribution in [1.82, 2.24) is 4.90 Å². The Kier molecular flexibility index (Phi) is 7.09. The molecule has 3 aliphatic heterocycles. The Morgan fingerprint density at radius 1 is 1.08 bits per heavy atom. The molecule has 0 aliphatic carbocycles. The molecule has 1 spiro atoms. The number of para-hydroxylation sites is 2. The largest absolute Gasteiger partial charge is 0.396 e. The van der Waals surface area contributed by atoms with Gasteiger partial charge in [-0.15, -0.1) is 0 Å². The highest BCUT2D eigenvalue weighted by Crippen LogP contribution is 2.60. The number of carbonyl (C=O) groups is 3. The smallest absolute Gasteiger partial charge is 0.250 e. The van der Waals surface area contributed by atoms with Crippen LogP contribution in [-0.2, 0) is 19.1 Å². The van der Waals surface area contributed by atoms with Gasteiger partial charge in [-0.2, -0.15) is 0 Å². The molecule has 2 aromatic rings. The van der Waals surface area contributed by atoms with Gasteiger partial charge in [-0.1, -0.05) is 57.9 Å². The normalized spacial score (nSPS) is 30.4. The number of unbranched alkanes of at least 4 members (excludes halogenated alkanes) is 1. The first kappa shape index (κ1) is 25.2. The summed E-state index contributed by atoms with van der Waals surface area (Å²) in [5.74, 6) is -2.54. The predicted molar refractivity (Wildman–Crippen MR) is 139 cm³/mol. The SMILES string of the molecule is O=C(Nc1ccccc1Cl)C1N(CCCCO)C(=O)[C@@H]2[C@@H](C(=O)Nc3ccccc3)[C@@H]3OC12CC3Br. The number of nitrogens with one attached hydrogen (secondary N) is 2. The summed E-state index contributed by atoms with van der Waals surface area (Å²) >= 11 is 9.94. The number of aliphatic hydroxyl groups excluding tert-OH is 1. The highest BCUT2D eigenvalue weighted by atomic mass is 79.9. The van der Waals surface area contributed by atoms with E-state index in [4.69, 9.17) is 16.3 Å². The zero-order valence-corrected chi connectivity index (χ0v) is 21.7. The first-order valence-electron chi connectivity index (χ1n) is 12.0. The summed E-state index contributed by atoms with van der Waals surface area (Å²) in [6.07, 6.45) is 0.879. The van der Waals surface area contributed by atoms with E-state index in [0.29, 0.717) is 35.7 Å². The molecular formula is C26H27BrClN3O5. The van der Waals surface area contributed by atoms with Gasteiger partial charge in [-0.05, 0) is 43.5 Å². The van der Waals surface area contributed by atoms with Crippen LogP contribution in [0.2, 0.25) is 5.02 Å². The van der Waals surface area contributed by atoms with E-state index < -0.39 is 35.5 Å². The number of anilines is 2. The highest BCUT2D eigenvalue weighted by Gasteiger charge is 2.76. The van der Waals surface area contributed by atoms with Crippen molar-refractivity contribution < 1.29 is 24.2 Å². The molecule has 3 N–H and O–H groups in total. The van der Waals surface area contributed by atoms with Crippen LogP contribution in [0.1, 0.15) is 19.3 Å². The second-order valence-electron chi connectivity index (χ2n) is 9.45. The third-order valence-electron chi connectivity index (χ3n) is 7.32. The number of hydrogen-bond donors (Lipinski definition) is 3. The zero-order chi connectivity index (χ0) is 25.4. The Labute approximate surface area is 222 Å². The number of amides is 3. The van der Waals surface area contributed by atoms with Gasteiger partial charge in [0.1, 0.15) is 11.6 Å². The van der Waals surface area contributed by atoms with Crippen molar-refractivity contribution in [2.45, 2.75) is 41.8 Å². The lowest BCUT2D eigenvalue weighted by Crippen LogP contribution is -2.54. The van der Waals surface area contributed by atoms with Crippen LogP contribution in [0.4, 0.5) is 11.4 Å². The first-order chi connectivity index (χ1) is 17.4. The molecule has 3 heterocycles. The van der Waals surface area contributed by atoms with Crippen molar-refractivity contribution in [3.8, 4) is 0 Å². The van der Waals surface area contributed by atoms with Gasteiger partial charge in [-0.3, -0.25) is 14.4 Å². The molecule has 2 bridgehead atoms. The minimum Gasteiger partial charge on any atom is -0.396 e. The van der Waals surface area contributed by atoms with Crippen molar-refractivity contribution in [3.63, 3.8) is 0 Å². The van der Waals surface area contributed by atoms with Gasteiger partial charge < -0.3 is 25.4 Å². The summed E-state index contributed by atoms with van der Waals surface area (Å²) in [5.41, 5.74) is -0.0871. The van der Waals surface area contributed by atoms with Crippen molar-refractivity contribution >= 4 is 56.6 Å². The van der Waals surface area contributed by atoms with Gasteiger partial charge in [0.15, 0.2) is 0 Å². The van der Waals surface area contributed by atoms with Crippen molar-refractivity contribution in [2.24, 2.45) is 11.8 Å². The molecule has 5 rings (SSSR count). The summed E-state index contributed by atoms with van der Waals surface area (Å²) < 4.78 is 6.46. The summed E-state index contributed by atoms with van der Waals surface area (Å²) in [6.45, 7) is 0.253. The lowest BCUT2D eigenvalue weighted by Gasteiger charge is -2.34. The summed E-state index contributed by atoms with van der Waals surface area (Å²) in [4.78, 5) is 42.4. The molecule has 10 heteroatoms. The zero-order valence-electron chi connectivity index (χ0n) is 19.4. The maximum absolute atomic E-state index is 13.9. The third kappa shape index (κ3) is 4.22. The molecule has 3 fully saturated rings. The Hall–Kier alpha value is -2.46. The molecule has 36 heavy (non-hydrogen) atoms. The van der Waals surface area contributed by atoms with Crippen LogP contribution < -0.4 is 10.6 Å². The van der Waals surface area contributed by atoms with Gasteiger partial charge in [0.2, 0.25) is 17.7 Å². The van der Waals surface area contributed by atoms with Crippen molar-refractivity contribution in [3.05, 3.63) is 59.6 Å². The maximum Gasteiger partial charge on any atom is 0.250 e. The van der Waals surface area contributed by atoms with E-state index in [1.807, 2.05) is 18.2 Å². The quantitative estimate of drug-likeness (QED) is 0.330. The fourth-order valence-corrected chi connectivity index (χ4v) is 7.00. The average molecular weight is 577 g/mol. The van der Waals surface area contributed by atoms with E-state index in [0.717, 1.165) is 0 Å². The number of nitrogens with zero attached hydrogens (tertiary/aromatic N) is 1. The minimum atomic E-state index is -1.15. The number of alkyl halides is 1. The third-order valence-corrected chi connectivity index (χ3v) is 8.49. The number of carbonyl (C=O) groups excluding carboxylic acids is 3. The van der Waals surface area contributed by atoms with Crippen LogP contribution in [0.5, 0.6) is 0 Å². The predicted octanol–water partition coefficient (Wildman–Crippen LogP) is 3.44. The minimum absolute atomic E-state index is 0.0166. The van der Waals surface area contributed by atoms with E-state index >= 15 is 0 Å². The molecule has 0 aromatic heterocycles. The monoisotopic (exact) mass is 575 g/mol. The van der Waals surface area contributed by atoms with E-state index in [9.17, 15) is 19.5 Å². The Morgan fingerprint density at radius 2 is 1.81 bits per heavy atom. The number of benzene rings is 2. The first-order valence-corrected chi connectivity index (χ1v) is 13.3. The van der Waals surface area contributed by atoms with Crippen LogP contribution in [0.15, 0.2) is 54.6 Å². The molecular weight excluding hydrogens is 550 g/mol. The van der Waals surface area contributed by atoms with Crippen LogP contribution in [0.3, 0.4) is 0 Å².